The lowest BCUT2D eigenvalue weighted by molar-refractivity contribution is 0.266. The molecule has 1 aliphatic carbocycles. The molecule has 1 aliphatic rings. The molecule has 1 saturated carbocycles. The Labute approximate surface area is 106 Å². The quantitative estimate of drug-likeness (QED) is 0.865. The summed E-state index contributed by atoms with van der Waals surface area (Å²) < 4.78 is 5.35. The molecule has 1 fully saturated rings. The van der Waals surface area contributed by atoms with Crippen LogP contribution in [0.15, 0.2) is 30.5 Å². The molecule has 18 heavy (non-hydrogen) atoms. The second kappa shape index (κ2) is 4.14. The van der Waals surface area contributed by atoms with Gasteiger partial charge in [-0.2, -0.15) is 0 Å². The number of nitrogens with zero attached hydrogens (tertiary/aromatic N) is 1. The minimum absolute atomic E-state index is 0.148. The summed E-state index contributed by atoms with van der Waals surface area (Å²) in [7, 11) is 1.67. The highest BCUT2D eigenvalue weighted by molar-refractivity contribution is 5.96. The number of aromatic nitrogens is 1. The number of aliphatic hydroxyl groups is 1. The van der Waals surface area contributed by atoms with Gasteiger partial charge in [0, 0.05) is 17.0 Å². The molecular weight excluding hydrogens is 228 g/mol. The highest BCUT2D eigenvalue weighted by Crippen LogP contribution is 2.40. The number of hydrogen-bond acceptors (Lipinski definition) is 4. The molecule has 0 spiro atoms. The lowest BCUT2D eigenvalue weighted by atomic mass is 10.1. The maximum atomic E-state index is 9.38. The predicted octanol–water partition coefficient (Wildman–Crippen LogP) is 2.18. The molecule has 0 amide bonds. The van der Waals surface area contributed by atoms with Gasteiger partial charge >= 0.3 is 0 Å². The van der Waals surface area contributed by atoms with E-state index in [2.05, 4.69) is 10.3 Å². The number of anilines is 1. The average molecular weight is 244 g/mol. The summed E-state index contributed by atoms with van der Waals surface area (Å²) in [4.78, 5) is 4.38. The lowest BCUT2D eigenvalue weighted by Crippen LogP contribution is -2.26. The maximum Gasteiger partial charge on any atom is 0.134 e. The van der Waals surface area contributed by atoms with Gasteiger partial charge in [-0.3, -0.25) is 0 Å². The van der Waals surface area contributed by atoms with Crippen LogP contribution in [-0.4, -0.2) is 29.3 Å². The summed E-state index contributed by atoms with van der Waals surface area (Å²) >= 11 is 0. The number of methoxy groups -OCH3 is 1. The topological polar surface area (TPSA) is 54.4 Å². The summed E-state index contributed by atoms with van der Waals surface area (Å²) in [6.07, 6.45) is 3.75. The Morgan fingerprint density at radius 1 is 1.33 bits per heavy atom. The van der Waals surface area contributed by atoms with Crippen molar-refractivity contribution in [1.82, 2.24) is 4.98 Å². The maximum absolute atomic E-state index is 9.38. The van der Waals surface area contributed by atoms with E-state index in [9.17, 15) is 5.11 Å². The van der Waals surface area contributed by atoms with E-state index in [0.717, 1.165) is 35.2 Å². The van der Waals surface area contributed by atoms with Gasteiger partial charge in [-0.25, -0.2) is 4.98 Å². The number of benzene rings is 1. The first-order valence-electron chi connectivity index (χ1n) is 6.09. The number of aliphatic hydroxyl groups excluding tert-OH is 1. The van der Waals surface area contributed by atoms with Crippen molar-refractivity contribution >= 4 is 16.6 Å². The van der Waals surface area contributed by atoms with Crippen LogP contribution >= 0.6 is 0 Å². The Bertz CT molecular complexity index is 579. The molecule has 2 N–H and O–H groups in total. The molecule has 1 aromatic heterocycles. The molecule has 94 valence electrons. The summed E-state index contributed by atoms with van der Waals surface area (Å²) in [5.74, 6) is 1.66. The fraction of sp³-hybridized carbons (Fsp3) is 0.357. The van der Waals surface area contributed by atoms with Gasteiger partial charge in [0.2, 0.25) is 0 Å². The molecule has 0 saturated heterocycles. The van der Waals surface area contributed by atoms with E-state index in [1.165, 1.54) is 0 Å². The van der Waals surface area contributed by atoms with Gasteiger partial charge in [-0.1, -0.05) is 12.1 Å². The zero-order chi connectivity index (χ0) is 12.6. The van der Waals surface area contributed by atoms with E-state index >= 15 is 0 Å². The van der Waals surface area contributed by atoms with Gasteiger partial charge < -0.3 is 15.2 Å². The van der Waals surface area contributed by atoms with E-state index in [1.807, 2.05) is 24.3 Å². The first-order chi connectivity index (χ1) is 8.78. The van der Waals surface area contributed by atoms with Crippen molar-refractivity contribution < 1.29 is 9.84 Å². The van der Waals surface area contributed by atoms with E-state index in [1.54, 1.807) is 13.3 Å². The molecule has 4 heteroatoms. The van der Waals surface area contributed by atoms with Gasteiger partial charge in [0.05, 0.1) is 19.3 Å². The molecule has 0 aliphatic heterocycles. The summed E-state index contributed by atoms with van der Waals surface area (Å²) in [5, 5.41) is 14.8. The van der Waals surface area contributed by atoms with Crippen molar-refractivity contribution in [2.24, 2.45) is 0 Å². The van der Waals surface area contributed by atoms with Crippen LogP contribution in [0.1, 0.15) is 12.8 Å². The third kappa shape index (κ3) is 1.78. The van der Waals surface area contributed by atoms with Crippen LogP contribution in [0, 0.1) is 0 Å². The zero-order valence-electron chi connectivity index (χ0n) is 10.3. The zero-order valence-corrected chi connectivity index (χ0v) is 10.3. The summed E-state index contributed by atoms with van der Waals surface area (Å²) in [6.45, 7) is 0.148. The average Bonchev–Trinajstić information content (AvgIpc) is 3.19. The van der Waals surface area contributed by atoms with Crippen LogP contribution in [0.2, 0.25) is 0 Å². The molecule has 0 bridgehead atoms. The fourth-order valence-corrected chi connectivity index (χ4v) is 2.18. The van der Waals surface area contributed by atoms with Crippen molar-refractivity contribution in [2.75, 3.05) is 19.0 Å². The SMILES string of the molecule is COc1cccc2c(NC3(CO)CC3)nccc12. The Morgan fingerprint density at radius 2 is 2.17 bits per heavy atom. The number of pyridine rings is 1. The van der Waals surface area contributed by atoms with Crippen molar-refractivity contribution in [1.29, 1.82) is 0 Å². The van der Waals surface area contributed by atoms with E-state index < -0.39 is 0 Å². The normalized spacial score (nSPS) is 16.6. The van der Waals surface area contributed by atoms with E-state index in [4.69, 9.17) is 4.74 Å². The molecule has 0 atom stereocenters. The van der Waals surface area contributed by atoms with E-state index in [0.29, 0.717) is 0 Å². The highest BCUT2D eigenvalue weighted by atomic mass is 16.5. The molecule has 0 radical (unpaired) electrons. The predicted molar refractivity (Wildman–Crippen MR) is 71.0 cm³/mol. The molecule has 2 aromatic rings. The monoisotopic (exact) mass is 244 g/mol. The van der Waals surface area contributed by atoms with Crippen LogP contribution in [-0.2, 0) is 0 Å². The number of ether oxygens (including phenoxy) is 1. The fourth-order valence-electron chi connectivity index (χ4n) is 2.18. The minimum atomic E-state index is -0.162. The second-order valence-corrected chi connectivity index (χ2v) is 4.78. The van der Waals surface area contributed by atoms with Crippen LogP contribution in [0.5, 0.6) is 5.75 Å². The lowest BCUT2D eigenvalue weighted by Gasteiger charge is -2.17. The Morgan fingerprint density at radius 3 is 2.83 bits per heavy atom. The van der Waals surface area contributed by atoms with Crippen LogP contribution in [0.4, 0.5) is 5.82 Å². The third-order valence-electron chi connectivity index (χ3n) is 3.53. The van der Waals surface area contributed by atoms with Gasteiger partial charge in [0.1, 0.15) is 11.6 Å². The molecule has 3 rings (SSSR count). The first-order valence-corrected chi connectivity index (χ1v) is 6.09. The third-order valence-corrected chi connectivity index (χ3v) is 3.53. The first kappa shape index (κ1) is 11.3. The molecule has 0 unspecified atom stereocenters. The number of fused-ring (bicyclic) bond motifs is 1. The minimum Gasteiger partial charge on any atom is -0.496 e. The van der Waals surface area contributed by atoms with Gasteiger partial charge in [0.15, 0.2) is 0 Å². The Kier molecular flexibility index (Phi) is 2.59. The van der Waals surface area contributed by atoms with Crippen molar-refractivity contribution in [3.8, 4) is 5.75 Å². The second-order valence-electron chi connectivity index (χ2n) is 4.78. The smallest absolute Gasteiger partial charge is 0.134 e. The Hall–Kier alpha value is -1.81. The molecular formula is C14H16N2O2. The van der Waals surface area contributed by atoms with Gasteiger partial charge in [-0.15, -0.1) is 0 Å². The van der Waals surface area contributed by atoms with Crippen LogP contribution in [0.3, 0.4) is 0 Å². The van der Waals surface area contributed by atoms with Gasteiger partial charge in [-0.05, 0) is 25.0 Å². The Balaban J connectivity index is 2.07. The largest absolute Gasteiger partial charge is 0.496 e. The highest BCUT2D eigenvalue weighted by Gasteiger charge is 2.42. The number of rotatable bonds is 4. The van der Waals surface area contributed by atoms with Crippen LogP contribution < -0.4 is 10.1 Å². The summed E-state index contributed by atoms with van der Waals surface area (Å²) in [6, 6.07) is 7.84. The molecule has 1 aromatic carbocycles. The van der Waals surface area contributed by atoms with Gasteiger partial charge in [0.25, 0.3) is 0 Å². The number of hydrogen-bond donors (Lipinski definition) is 2. The van der Waals surface area contributed by atoms with Crippen LogP contribution in [0.25, 0.3) is 10.8 Å². The van der Waals surface area contributed by atoms with Crippen molar-refractivity contribution in [3.63, 3.8) is 0 Å². The molecule has 1 heterocycles. The standard InChI is InChI=1S/C14H16N2O2/c1-18-12-4-2-3-11-10(12)5-8-15-13(11)16-14(9-17)6-7-14/h2-5,8,17H,6-7,9H2,1H3,(H,15,16). The van der Waals surface area contributed by atoms with Crippen molar-refractivity contribution in [3.05, 3.63) is 30.5 Å². The summed E-state index contributed by atoms with van der Waals surface area (Å²) in [5.41, 5.74) is -0.162. The molecule has 4 nitrogen and oxygen atoms in total. The number of nitrogens with one attached hydrogen (secondary N) is 1. The van der Waals surface area contributed by atoms with E-state index in [-0.39, 0.29) is 12.1 Å². The van der Waals surface area contributed by atoms with Crippen molar-refractivity contribution in [2.45, 2.75) is 18.4 Å².